The second-order valence-electron chi connectivity index (χ2n) is 3.99. The highest BCUT2D eigenvalue weighted by Crippen LogP contribution is 2.30. The average molecular weight is 261 g/mol. The molecule has 0 amide bonds. The average Bonchev–Trinajstić information content (AvgIpc) is 2.89. The Hall–Kier alpha value is -2.50. The fourth-order valence-corrected chi connectivity index (χ4v) is 1.62. The van der Waals surface area contributed by atoms with Crippen molar-refractivity contribution >= 4 is 11.4 Å². The van der Waals surface area contributed by atoms with Gasteiger partial charge in [0, 0.05) is 24.5 Å². The Kier molecular flexibility index (Phi) is 4.02. The topological polar surface area (TPSA) is 69.3 Å². The van der Waals surface area contributed by atoms with Crippen molar-refractivity contribution < 1.29 is 9.66 Å². The number of hydrogen-bond acceptors (Lipinski definition) is 4. The molecule has 0 radical (unpaired) electrons. The van der Waals surface area contributed by atoms with Gasteiger partial charge in [0.25, 0.3) is 0 Å². The molecule has 0 fully saturated rings. The van der Waals surface area contributed by atoms with Gasteiger partial charge < -0.3 is 4.74 Å². The first-order valence-electron chi connectivity index (χ1n) is 6.02. The van der Waals surface area contributed by atoms with Crippen LogP contribution in [0.3, 0.4) is 0 Å². The number of benzene rings is 1. The number of rotatable bonds is 6. The third kappa shape index (κ3) is 3.25. The molecule has 0 bridgehead atoms. The van der Waals surface area contributed by atoms with Crippen LogP contribution in [0.15, 0.2) is 42.7 Å². The maximum Gasteiger partial charge on any atom is 0.311 e. The Morgan fingerprint density at radius 2 is 2.11 bits per heavy atom. The third-order valence-electron chi connectivity index (χ3n) is 2.48. The van der Waals surface area contributed by atoms with Gasteiger partial charge in [0.2, 0.25) is 0 Å². The van der Waals surface area contributed by atoms with Gasteiger partial charge in [0.05, 0.1) is 17.2 Å². The molecule has 6 heteroatoms. The van der Waals surface area contributed by atoms with Gasteiger partial charge in [-0.3, -0.25) is 20.2 Å². The first-order valence-corrected chi connectivity index (χ1v) is 6.02. The lowest BCUT2D eigenvalue weighted by molar-refractivity contribution is -0.385. The van der Waals surface area contributed by atoms with Crippen molar-refractivity contribution in [2.45, 2.75) is 13.3 Å². The van der Waals surface area contributed by atoms with Crippen molar-refractivity contribution in [2.24, 2.45) is 0 Å². The van der Waals surface area contributed by atoms with E-state index in [-0.39, 0.29) is 11.4 Å². The molecule has 0 unspecified atom stereocenters. The van der Waals surface area contributed by atoms with Gasteiger partial charge in [-0.2, -0.15) is 0 Å². The van der Waals surface area contributed by atoms with E-state index in [1.165, 1.54) is 6.07 Å². The summed E-state index contributed by atoms with van der Waals surface area (Å²) in [5.74, 6) is 0.281. The van der Waals surface area contributed by atoms with Gasteiger partial charge in [-0.25, -0.2) is 0 Å². The van der Waals surface area contributed by atoms with Crippen molar-refractivity contribution in [1.82, 2.24) is 4.68 Å². The molecular formula is C13H15N3O3. The van der Waals surface area contributed by atoms with E-state index in [2.05, 4.69) is 5.43 Å². The molecule has 1 heterocycles. The molecule has 0 aliphatic rings. The number of nitrogens with zero attached hydrogens (tertiary/aromatic N) is 2. The van der Waals surface area contributed by atoms with Gasteiger partial charge in [0.15, 0.2) is 5.75 Å². The fourth-order valence-electron chi connectivity index (χ4n) is 1.62. The summed E-state index contributed by atoms with van der Waals surface area (Å²) in [6.45, 7) is 2.40. The Balaban J connectivity index is 2.24. The van der Waals surface area contributed by atoms with Crippen molar-refractivity contribution in [2.75, 3.05) is 12.0 Å². The quantitative estimate of drug-likeness (QED) is 0.641. The normalized spacial score (nSPS) is 10.2. The summed E-state index contributed by atoms with van der Waals surface area (Å²) in [5, 5.41) is 10.9. The lowest BCUT2D eigenvalue weighted by Crippen LogP contribution is -2.06. The predicted molar refractivity (Wildman–Crippen MR) is 72.3 cm³/mol. The second-order valence-corrected chi connectivity index (χ2v) is 3.99. The van der Waals surface area contributed by atoms with Crippen LogP contribution in [0.5, 0.6) is 5.75 Å². The van der Waals surface area contributed by atoms with E-state index in [0.717, 1.165) is 12.1 Å². The zero-order chi connectivity index (χ0) is 13.7. The SMILES string of the molecule is CCCOc1cc(Nn2cccc2)ccc1[N+](=O)[O-]. The van der Waals surface area contributed by atoms with Crippen molar-refractivity contribution in [3.63, 3.8) is 0 Å². The minimum Gasteiger partial charge on any atom is -0.487 e. The second kappa shape index (κ2) is 5.90. The number of nitrogens with one attached hydrogen (secondary N) is 1. The zero-order valence-electron chi connectivity index (χ0n) is 10.6. The molecule has 2 aromatic rings. The summed E-state index contributed by atoms with van der Waals surface area (Å²) in [6, 6.07) is 8.49. The standard InChI is InChI=1S/C13H15N3O3/c1-2-9-19-13-10-11(5-6-12(13)16(17)18)14-15-7-3-4-8-15/h3-8,10,14H,2,9H2,1H3. The molecule has 1 aromatic heterocycles. The number of hydrogen-bond donors (Lipinski definition) is 1. The molecule has 1 N–H and O–H groups in total. The van der Waals surface area contributed by atoms with Crippen LogP contribution in [0.1, 0.15) is 13.3 Å². The van der Waals surface area contributed by atoms with Crippen LogP contribution in [0, 0.1) is 10.1 Å². The summed E-state index contributed by atoms with van der Waals surface area (Å²) >= 11 is 0. The minimum atomic E-state index is -0.440. The summed E-state index contributed by atoms with van der Waals surface area (Å²) in [4.78, 5) is 10.5. The van der Waals surface area contributed by atoms with E-state index in [1.54, 1.807) is 16.8 Å². The molecule has 6 nitrogen and oxygen atoms in total. The van der Waals surface area contributed by atoms with E-state index in [0.29, 0.717) is 6.61 Å². The molecule has 0 aliphatic carbocycles. The van der Waals surface area contributed by atoms with E-state index >= 15 is 0 Å². The molecular weight excluding hydrogens is 246 g/mol. The van der Waals surface area contributed by atoms with Crippen LogP contribution in [0.4, 0.5) is 11.4 Å². The number of aromatic nitrogens is 1. The Bertz CT molecular complexity index is 552. The van der Waals surface area contributed by atoms with Crippen LogP contribution < -0.4 is 10.2 Å². The summed E-state index contributed by atoms with van der Waals surface area (Å²) in [7, 11) is 0. The monoisotopic (exact) mass is 261 g/mol. The van der Waals surface area contributed by atoms with Gasteiger partial charge in [-0.1, -0.05) is 6.92 Å². The first kappa shape index (κ1) is 12.9. The highest BCUT2D eigenvalue weighted by atomic mass is 16.6. The number of ether oxygens (including phenoxy) is 1. The van der Waals surface area contributed by atoms with Gasteiger partial charge >= 0.3 is 5.69 Å². The molecule has 2 rings (SSSR count). The molecule has 100 valence electrons. The highest BCUT2D eigenvalue weighted by Gasteiger charge is 2.15. The number of nitro benzene ring substituents is 1. The van der Waals surface area contributed by atoms with Crippen molar-refractivity contribution in [3.8, 4) is 5.75 Å². The zero-order valence-corrected chi connectivity index (χ0v) is 10.6. The lowest BCUT2D eigenvalue weighted by atomic mass is 10.2. The van der Waals surface area contributed by atoms with E-state index in [4.69, 9.17) is 4.74 Å². The number of nitro groups is 1. The maximum atomic E-state index is 10.9. The Morgan fingerprint density at radius 3 is 2.74 bits per heavy atom. The molecule has 0 aliphatic heterocycles. The minimum absolute atomic E-state index is 0.0218. The predicted octanol–water partition coefficient (Wildman–Crippen LogP) is 3.06. The maximum absolute atomic E-state index is 10.9. The van der Waals surface area contributed by atoms with Gasteiger partial charge in [0.1, 0.15) is 0 Å². The van der Waals surface area contributed by atoms with Crippen LogP contribution in [0.25, 0.3) is 0 Å². The lowest BCUT2D eigenvalue weighted by Gasteiger charge is -2.10. The molecule has 0 atom stereocenters. The van der Waals surface area contributed by atoms with Crippen molar-refractivity contribution in [1.29, 1.82) is 0 Å². The van der Waals surface area contributed by atoms with E-state index in [1.807, 2.05) is 31.5 Å². The van der Waals surface area contributed by atoms with Crippen molar-refractivity contribution in [3.05, 3.63) is 52.8 Å². The van der Waals surface area contributed by atoms with Crippen LogP contribution in [0.2, 0.25) is 0 Å². The molecule has 1 aromatic carbocycles. The Labute approximate surface area is 110 Å². The molecule has 0 spiro atoms. The largest absolute Gasteiger partial charge is 0.487 e. The van der Waals surface area contributed by atoms with Crippen LogP contribution in [-0.4, -0.2) is 16.2 Å². The Morgan fingerprint density at radius 1 is 1.37 bits per heavy atom. The van der Waals surface area contributed by atoms with Crippen LogP contribution in [-0.2, 0) is 0 Å². The third-order valence-corrected chi connectivity index (χ3v) is 2.48. The van der Waals surface area contributed by atoms with Gasteiger partial charge in [-0.15, -0.1) is 0 Å². The summed E-state index contributed by atoms with van der Waals surface area (Å²) < 4.78 is 7.17. The van der Waals surface area contributed by atoms with E-state index in [9.17, 15) is 10.1 Å². The molecule has 19 heavy (non-hydrogen) atoms. The highest BCUT2D eigenvalue weighted by molar-refractivity contribution is 5.57. The van der Waals surface area contributed by atoms with Gasteiger partial charge in [-0.05, 0) is 24.6 Å². The van der Waals surface area contributed by atoms with E-state index < -0.39 is 4.92 Å². The first-order chi connectivity index (χ1) is 9.20. The molecule has 0 saturated carbocycles. The molecule has 0 saturated heterocycles. The summed E-state index contributed by atoms with van der Waals surface area (Å²) in [5.41, 5.74) is 3.79. The fraction of sp³-hybridized carbons (Fsp3) is 0.231. The van der Waals surface area contributed by atoms with Crippen LogP contribution >= 0.6 is 0 Å². The summed E-state index contributed by atoms with van der Waals surface area (Å²) in [6.07, 6.45) is 4.48. The number of anilines is 1. The smallest absolute Gasteiger partial charge is 0.311 e.